The molecule has 0 rings (SSSR count). The van der Waals surface area contributed by atoms with E-state index in [2.05, 4.69) is 13.2 Å². The molecule has 0 aliphatic carbocycles. The summed E-state index contributed by atoms with van der Waals surface area (Å²) < 4.78 is 28.7. The second-order valence-electron chi connectivity index (χ2n) is 3.29. The van der Waals surface area contributed by atoms with Crippen LogP contribution in [0.25, 0.3) is 0 Å². The first-order valence-electron chi connectivity index (χ1n) is 3.16. The summed E-state index contributed by atoms with van der Waals surface area (Å²) in [6.07, 6.45) is 0. The molecule has 0 amide bonds. The predicted octanol–water partition coefficient (Wildman–Crippen LogP) is 1.72. The fourth-order valence-corrected chi connectivity index (χ4v) is 1.64. The lowest BCUT2D eigenvalue weighted by Crippen LogP contribution is -2.19. The van der Waals surface area contributed by atoms with E-state index in [1.165, 1.54) is 0 Å². The van der Waals surface area contributed by atoms with E-state index in [1.807, 2.05) is 0 Å². The molecule has 0 aromatic rings. The third kappa shape index (κ3) is 17.7. The molecule has 0 aromatic carbocycles. The predicted molar refractivity (Wildman–Crippen MR) is 47.1 cm³/mol. The van der Waals surface area contributed by atoms with Crippen LogP contribution >= 0.6 is 0 Å². The monoisotopic (exact) mass is 180 g/mol. The van der Waals surface area contributed by atoms with Gasteiger partial charge in [-0.05, 0) is 5.41 Å². The Labute approximate surface area is 68.9 Å². The van der Waals surface area contributed by atoms with Gasteiger partial charge in [0.25, 0.3) is 10.1 Å². The molecule has 68 valence electrons. The first-order chi connectivity index (χ1) is 4.71. The van der Waals surface area contributed by atoms with E-state index in [9.17, 15) is 8.42 Å². The largest absolute Gasteiger partial charge is 0.286 e. The summed E-state index contributed by atoms with van der Waals surface area (Å²) >= 11 is 0. The van der Waals surface area contributed by atoms with Crippen molar-refractivity contribution in [2.45, 2.75) is 20.8 Å². The van der Waals surface area contributed by atoms with Gasteiger partial charge in [0.15, 0.2) is 0 Å². The highest BCUT2D eigenvalue weighted by Crippen LogP contribution is 2.14. The molecule has 0 heterocycles. The van der Waals surface area contributed by atoms with Gasteiger partial charge in [0.2, 0.25) is 0 Å². The highest BCUT2D eigenvalue weighted by Gasteiger charge is 2.18. The van der Waals surface area contributed by atoms with Crippen molar-refractivity contribution < 1.29 is 13.0 Å². The Hall–Kier alpha value is -0.350. The second kappa shape index (κ2) is 4.51. The molecule has 4 heteroatoms. The molecule has 0 bridgehead atoms. The molecular weight excluding hydrogens is 164 g/mol. The van der Waals surface area contributed by atoms with E-state index in [-0.39, 0.29) is 11.2 Å². The number of hydrogen-bond donors (Lipinski definition) is 1. The van der Waals surface area contributed by atoms with Crippen molar-refractivity contribution in [1.82, 2.24) is 0 Å². The van der Waals surface area contributed by atoms with Crippen LogP contribution in [0, 0.1) is 5.41 Å². The molecule has 0 aliphatic heterocycles. The minimum atomic E-state index is -3.78. The quantitative estimate of drug-likeness (QED) is 0.494. The number of rotatable bonds is 1. The van der Waals surface area contributed by atoms with Gasteiger partial charge in [0.1, 0.15) is 0 Å². The minimum Gasteiger partial charge on any atom is -0.286 e. The maximum Gasteiger partial charge on any atom is 0.265 e. The normalized spacial score (nSPS) is 11.6. The molecule has 0 aromatic heterocycles. The van der Waals surface area contributed by atoms with Crippen molar-refractivity contribution >= 4 is 10.1 Å². The SMILES string of the molecule is C=C.CC(C)(C)CS(=O)(=O)O. The fourth-order valence-electron chi connectivity index (χ4n) is 0.547. The lowest BCUT2D eigenvalue weighted by molar-refractivity contribution is 0.422. The summed E-state index contributed by atoms with van der Waals surface area (Å²) in [6, 6.07) is 0. The maximum absolute atomic E-state index is 10.2. The molecule has 0 saturated heterocycles. The van der Waals surface area contributed by atoms with Crippen molar-refractivity contribution in [3.63, 3.8) is 0 Å². The van der Waals surface area contributed by atoms with Gasteiger partial charge in [-0.2, -0.15) is 8.42 Å². The molecule has 0 radical (unpaired) electrons. The molecule has 0 aliphatic rings. The maximum atomic E-state index is 10.2. The smallest absolute Gasteiger partial charge is 0.265 e. The zero-order valence-electron chi connectivity index (χ0n) is 7.29. The van der Waals surface area contributed by atoms with Crippen LogP contribution in [0.3, 0.4) is 0 Å². The first kappa shape index (κ1) is 13.3. The van der Waals surface area contributed by atoms with E-state index in [4.69, 9.17) is 4.55 Å². The Kier molecular flexibility index (Phi) is 5.44. The topological polar surface area (TPSA) is 54.4 Å². The molecule has 1 N–H and O–H groups in total. The lowest BCUT2D eigenvalue weighted by Gasteiger charge is -2.14. The lowest BCUT2D eigenvalue weighted by atomic mass is 10.0. The zero-order valence-corrected chi connectivity index (χ0v) is 8.11. The molecular formula is C7H16O3S. The van der Waals surface area contributed by atoms with Crippen LogP contribution in [0.2, 0.25) is 0 Å². The Morgan fingerprint density at radius 1 is 1.27 bits per heavy atom. The van der Waals surface area contributed by atoms with E-state index in [0.29, 0.717) is 0 Å². The highest BCUT2D eigenvalue weighted by molar-refractivity contribution is 7.85. The second-order valence-corrected chi connectivity index (χ2v) is 4.74. The number of hydrogen-bond acceptors (Lipinski definition) is 2. The van der Waals surface area contributed by atoms with E-state index in [1.54, 1.807) is 20.8 Å². The summed E-state index contributed by atoms with van der Waals surface area (Å²) in [6.45, 7) is 11.3. The standard InChI is InChI=1S/C5H12O3S.C2H4/c1-5(2,3)4-9(6,7)8;1-2/h4H2,1-3H3,(H,6,7,8);1-2H2. The van der Waals surface area contributed by atoms with Crippen LogP contribution in [0.15, 0.2) is 13.2 Å². The summed E-state index contributed by atoms with van der Waals surface area (Å²) in [4.78, 5) is 0. The molecule has 0 atom stereocenters. The van der Waals surface area contributed by atoms with Crippen molar-refractivity contribution in [1.29, 1.82) is 0 Å². The van der Waals surface area contributed by atoms with Gasteiger partial charge in [0.05, 0.1) is 5.75 Å². The highest BCUT2D eigenvalue weighted by atomic mass is 32.2. The van der Waals surface area contributed by atoms with Crippen molar-refractivity contribution in [3.8, 4) is 0 Å². The summed E-state index contributed by atoms with van der Waals surface area (Å²) in [5.41, 5.74) is -0.354. The molecule has 0 fully saturated rings. The minimum absolute atomic E-state index is 0.181. The van der Waals surface area contributed by atoms with Crippen LogP contribution in [0.4, 0.5) is 0 Å². The van der Waals surface area contributed by atoms with Crippen molar-refractivity contribution in [2.24, 2.45) is 5.41 Å². The van der Waals surface area contributed by atoms with Gasteiger partial charge in [0, 0.05) is 0 Å². The zero-order chi connectivity index (χ0) is 9.71. The average Bonchev–Trinajstić information content (AvgIpc) is 1.60. The molecule has 3 nitrogen and oxygen atoms in total. The third-order valence-corrected chi connectivity index (χ3v) is 1.85. The van der Waals surface area contributed by atoms with Gasteiger partial charge >= 0.3 is 0 Å². The van der Waals surface area contributed by atoms with E-state index < -0.39 is 10.1 Å². The molecule has 11 heavy (non-hydrogen) atoms. The van der Waals surface area contributed by atoms with Crippen LogP contribution in [0.5, 0.6) is 0 Å². The van der Waals surface area contributed by atoms with Gasteiger partial charge < -0.3 is 0 Å². The molecule has 0 saturated carbocycles. The van der Waals surface area contributed by atoms with Crippen LogP contribution < -0.4 is 0 Å². The third-order valence-electron chi connectivity index (χ3n) is 0.615. The summed E-state index contributed by atoms with van der Waals surface area (Å²) in [5.74, 6) is -0.181. The summed E-state index contributed by atoms with van der Waals surface area (Å²) in [5, 5.41) is 0. The summed E-state index contributed by atoms with van der Waals surface area (Å²) in [7, 11) is -3.78. The van der Waals surface area contributed by atoms with Crippen LogP contribution in [0.1, 0.15) is 20.8 Å². The fraction of sp³-hybridized carbons (Fsp3) is 0.714. The molecule has 0 spiro atoms. The molecule has 0 unspecified atom stereocenters. The Morgan fingerprint density at radius 3 is 1.55 bits per heavy atom. The van der Waals surface area contributed by atoms with Crippen LogP contribution in [-0.2, 0) is 10.1 Å². The Morgan fingerprint density at radius 2 is 1.55 bits per heavy atom. The van der Waals surface area contributed by atoms with Crippen molar-refractivity contribution in [2.75, 3.05) is 5.75 Å². The van der Waals surface area contributed by atoms with Gasteiger partial charge in [-0.1, -0.05) is 20.8 Å². The Balaban J connectivity index is 0. The van der Waals surface area contributed by atoms with Gasteiger partial charge in [-0.3, -0.25) is 4.55 Å². The van der Waals surface area contributed by atoms with E-state index >= 15 is 0 Å². The van der Waals surface area contributed by atoms with Gasteiger partial charge in [-0.25, -0.2) is 0 Å². The average molecular weight is 180 g/mol. The van der Waals surface area contributed by atoms with Gasteiger partial charge in [-0.15, -0.1) is 13.2 Å². The van der Waals surface area contributed by atoms with Crippen molar-refractivity contribution in [3.05, 3.63) is 13.2 Å². The first-order valence-corrected chi connectivity index (χ1v) is 4.77. The van der Waals surface area contributed by atoms with Crippen LogP contribution in [-0.4, -0.2) is 18.7 Å². The Bertz CT molecular complexity index is 186. The van der Waals surface area contributed by atoms with E-state index in [0.717, 1.165) is 0 Å².